The monoisotopic (exact) mass is 433 g/mol. The number of ether oxygens (including phenoxy) is 4. The first-order valence-corrected chi connectivity index (χ1v) is 9.58. The molecule has 3 aromatic rings. The second-order valence-corrected chi connectivity index (χ2v) is 6.49. The Morgan fingerprint density at radius 3 is 2.22 bits per heavy atom. The van der Waals surface area contributed by atoms with Crippen LogP contribution < -0.4 is 24.4 Å². The molecule has 0 aliphatic rings. The Balaban J connectivity index is 1.79. The van der Waals surface area contributed by atoms with Crippen LogP contribution in [0.3, 0.4) is 0 Å². The van der Waals surface area contributed by atoms with E-state index in [2.05, 4.69) is 26.6 Å². The Morgan fingerprint density at radius 1 is 0.906 bits per heavy atom. The second kappa shape index (κ2) is 10.6. The summed E-state index contributed by atoms with van der Waals surface area (Å²) in [7, 11) is 6.25. The normalized spacial score (nSPS) is 11.5. The fourth-order valence-electron chi connectivity index (χ4n) is 3.02. The third kappa shape index (κ3) is 5.05. The lowest BCUT2D eigenvalue weighted by Gasteiger charge is -2.13. The SMILES string of the molecule is COc1ccc(/C=N/Nc2cncc(C(C#N)c3ccc(OC)c(OC)c3)n2)cc1OC. The fourth-order valence-corrected chi connectivity index (χ4v) is 3.02. The van der Waals surface area contributed by atoms with Gasteiger partial charge in [-0.2, -0.15) is 10.4 Å². The molecule has 164 valence electrons. The third-order valence-electron chi connectivity index (χ3n) is 4.62. The van der Waals surface area contributed by atoms with Gasteiger partial charge >= 0.3 is 0 Å². The molecule has 9 heteroatoms. The van der Waals surface area contributed by atoms with E-state index in [0.717, 1.165) is 5.56 Å². The van der Waals surface area contributed by atoms with Crippen molar-refractivity contribution in [3.8, 4) is 29.1 Å². The molecule has 0 saturated carbocycles. The van der Waals surface area contributed by atoms with Gasteiger partial charge in [0.2, 0.25) is 0 Å². The van der Waals surface area contributed by atoms with Crippen LogP contribution in [0.1, 0.15) is 22.7 Å². The number of anilines is 1. The Morgan fingerprint density at radius 2 is 1.56 bits per heavy atom. The van der Waals surface area contributed by atoms with Crippen molar-refractivity contribution in [2.24, 2.45) is 5.10 Å². The molecular weight excluding hydrogens is 410 g/mol. The third-order valence-corrected chi connectivity index (χ3v) is 4.62. The molecule has 0 aliphatic heterocycles. The maximum Gasteiger partial charge on any atom is 0.165 e. The minimum absolute atomic E-state index is 0.403. The predicted octanol–water partition coefficient (Wildman–Crippen LogP) is 3.61. The highest BCUT2D eigenvalue weighted by Crippen LogP contribution is 2.32. The lowest BCUT2D eigenvalue weighted by atomic mass is 9.97. The Kier molecular flexibility index (Phi) is 7.43. The highest BCUT2D eigenvalue weighted by Gasteiger charge is 2.18. The maximum absolute atomic E-state index is 9.77. The molecular formula is C23H23N5O4. The number of rotatable bonds is 9. The van der Waals surface area contributed by atoms with Gasteiger partial charge in [0, 0.05) is 0 Å². The standard InChI is InChI=1S/C23H23N5O4/c1-29-19-7-5-15(9-21(19)31-3)12-26-28-23-14-25-13-18(27-23)17(11-24)16-6-8-20(30-2)22(10-16)32-4/h5-10,12-14,17H,1-4H3,(H,27,28)/b26-12+. The number of methoxy groups -OCH3 is 4. The van der Waals surface area contributed by atoms with Gasteiger partial charge in [-0.05, 0) is 41.5 Å². The van der Waals surface area contributed by atoms with Gasteiger partial charge in [0.1, 0.15) is 5.92 Å². The average molecular weight is 433 g/mol. The zero-order valence-corrected chi connectivity index (χ0v) is 18.2. The van der Waals surface area contributed by atoms with Crippen LogP contribution >= 0.6 is 0 Å². The summed E-state index contributed by atoms with van der Waals surface area (Å²) >= 11 is 0. The van der Waals surface area contributed by atoms with E-state index in [-0.39, 0.29) is 0 Å². The molecule has 9 nitrogen and oxygen atoms in total. The second-order valence-electron chi connectivity index (χ2n) is 6.49. The van der Waals surface area contributed by atoms with Crippen molar-refractivity contribution in [1.29, 1.82) is 5.26 Å². The van der Waals surface area contributed by atoms with E-state index in [1.165, 1.54) is 6.20 Å². The van der Waals surface area contributed by atoms with Gasteiger partial charge in [-0.1, -0.05) is 6.07 Å². The van der Waals surface area contributed by atoms with Gasteiger partial charge in [-0.3, -0.25) is 10.4 Å². The molecule has 2 aromatic carbocycles. The molecule has 0 fully saturated rings. The molecule has 1 heterocycles. The summed E-state index contributed by atoms with van der Waals surface area (Å²) < 4.78 is 21.1. The largest absolute Gasteiger partial charge is 0.493 e. The van der Waals surface area contributed by atoms with Gasteiger partial charge in [-0.15, -0.1) is 0 Å². The summed E-state index contributed by atoms with van der Waals surface area (Å²) in [5.74, 6) is 2.11. The number of hydrogen-bond acceptors (Lipinski definition) is 9. The first kappa shape index (κ1) is 22.4. The van der Waals surface area contributed by atoms with E-state index in [9.17, 15) is 5.26 Å². The number of nitriles is 1. The number of nitrogens with one attached hydrogen (secondary N) is 1. The van der Waals surface area contributed by atoms with E-state index in [0.29, 0.717) is 40.1 Å². The van der Waals surface area contributed by atoms with Crippen LogP contribution in [-0.2, 0) is 0 Å². The van der Waals surface area contributed by atoms with Crippen LogP contribution in [0.25, 0.3) is 0 Å². The minimum Gasteiger partial charge on any atom is -0.493 e. The summed E-state index contributed by atoms with van der Waals surface area (Å²) in [6, 6.07) is 13.0. The van der Waals surface area contributed by atoms with Crippen molar-refractivity contribution in [2.75, 3.05) is 33.9 Å². The smallest absolute Gasteiger partial charge is 0.165 e. The molecule has 1 atom stereocenters. The van der Waals surface area contributed by atoms with Crippen LogP contribution in [0.4, 0.5) is 5.82 Å². The van der Waals surface area contributed by atoms with E-state index >= 15 is 0 Å². The highest BCUT2D eigenvalue weighted by molar-refractivity contribution is 5.81. The van der Waals surface area contributed by atoms with E-state index < -0.39 is 5.92 Å². The summed E-state index contributed by atoms with van der Waals surface area (Å²) in [4.78, 5) is 8.67. The topological polar surface area (TPSA) is 111 Å². The highest BCUT2D eigenvalue weighted by atomic mass is 16.5. The Bertz CT molecular complexity index is 1140. The fraction of sp³-hybridized carbons (Fsp3) is 0.217. The summed E-state index contributed by atoms with van der Waals surface area (Å²) in [5, 5.41) is 14.0. The molecule has 1 aromatic heterocycles. The molecule has 0 bridgehead atoms. The molecule has 0 amide bonds. The van der Waals surface area contributed by atoms with Gasteiger partial charge < -0.3 is 18.9 Å². The van der Waals surface area contributed by atoms with Crippen LogP contribution in [0, 0.1) is 11.3 Å². The van der Waals surface area contributed by atoms with Crippen LogP contribution in [0.5, 0.6) is 23.0 Å². The number of hydrogen-bond donors (Lipinski definition) is 1. The van der Waals surface area contributed by atoms with Crippen LogP contribution in [0.15, 0.2) is 53.9 Å². The molecule has 0 spiro atoms. The first-order chi connectivity index (χ1) is 15.6. The summed E-state index contributed by atoms with van der Waals surface area (Å²) in [6.07, 6.45) is 4.69. The predicted molar refractivity (Wildman–Crippen MR) is 120 cm³/mol. The lowest BCUT2D eigenvalue weighted by molar-refractivity contribution is 0.354. The van der Waals surface area contributed by atoms with E-state index in [1.807, 2.05) is 6.07 Å². The minimum atomic E-state index is -0.640. The van der Waals surface area contributed by atoms with Crippen molar-refractivity contribution in [1.82, 2.24) is 9.97 Å². The Hall–Kier alpha value is -4.32. The van der Waals surface area contributed by atoms with Crippen LogP contribution in [-0.4, -0.2) is 44.6 Å². The zero-order chi connectivity index (χ0) is 22.9. The molecule has 1 N–H and O–H groups in total. The maximum atomic E-state index is 9.77. The summed E-state index contributed by atoms with van der Waals surface area (Å²) in [5.41, 5.74) is 4.84. The quantitative estimate of drug-likeness (QED) is 0.402. The lowest BCUT2D eigenvalue weighted by Crippen LogP contribution is -2.05. The molecule has 3 rings (SSSR count). The molecule has 0 radical (unpaired) electrons. The van der Waals surface area contributed by atoms with Crippen LogP contribution in [0.2, 0.25) is 0 Å². The van der Waals surface area contributed by atoms with Gasteiger partial charge in [0.15, 0.2) is 28.8 Å². The summed E-state index contributed by atoms with van der Waals surface area (Å²) in [6.45, 7) is 0. The van der Waals surface area contributed by atoms with Crippen molar-refractivity contribution >= 4 is 12.0 Å². The molecule has 1 unspecified atom stereocenters. The Labute approximate surface area is 186 Å². The van der Waals surface area contributed by atoms with E-state index in [1.54, 1.807) is 71.2 Å². The molecule has 0 saturated heterocycles. The number of nitrogens with zero attached hydrogens (tertiary/aromatic N) is 4. The van der Waals surface area contributed by atoms with Crippen molar-refractivity contribution in [3.05, 3.63) is 65.6 Å². The number of aromatic nitrogens is 2. The molecule has 0 aliphatic carbocycles. The van der Waals surface area contributed by atoms with Crippen molar-refractivity contribution in [3.63, 3.8) is 0 Å². The van der Waals surface area contributed by atoms with Gasteiger partial charge in [-0.25, -0.2) is 4.98 Å². The number of benzene rings is 2. The van der Waals surface area contributed by atoms with Crippen molar-refractivity contribution in [2.45, 2.75) is 5.92 Å². The first-order valence-electron chi connectivity index (χ1n) is 9.58. The van der Waals surface area contributed by atoms with E-state index in [4.69, 9.17) is 18.9 Å². The van der Waals surface area contributed by atoms with Gasteiger partial charge in [0.25, 0.3) is 0 Å². The molecule has 32 heavy (non-hydrogen) atoms. The zero-order valence-electron chi connectivity index (χ0n) is 18.2. The average Bonchev–Trinajstić information content (AvgIpc) is 2.84. The van der Waals surface area contributed by atoms with Gasteiger partial charge in [0.05, 0.1) is 58.8 Å². The van der Waals surface area contributed by atoms with Crippen molar-refractivity contribution < 1.29 is 18.9 Å². The number of hydrazone groups is 1.